The van der Waals surface area contributed by atoms with E-state index in [1.165, 1.54) is 0 Å². The predicted molar refractivity (Wildman–Crippen MR) is 44.1 cm³/mol. The second-order valence-corrected chi connectivity index (χ2v) is 4.24. The Morgan fingerprint density at radius 1 is 1.78 bits per heavy atom. The standard InChI is InChI=1S/C5H5BrClNS/c1-3-4(2-7)9-5(6)8-3/h2H2,1H3. The Morgan fingerprint density at radius 2 is 2.44 bits per heavy atom. The largest absolute Gasteiger partial charge is 0.234 e. The average molecular weight is 227 g/mol. The molecule has 50 valence electrons. The van der Waals surface area contributed by atoms with Crippen LogP contribution in [0.2, 0.25) is 0 Å². The van der Waals surface area contributed by atoms with Gasteiger partial charge in [0.05, 0.1) is 11.6 Å². The molecule has 0 radical (unpaired) electrons. The fraction of sp³-hybridized carbons (Fsp3) is 0.400. The molecule has 1 heterocycles. The Morgan fingerprint density at radius 3 is 2.67 bits per heavy atom. The summed E-state index contributed by atoms with van der Waals surface area (Å²) in [7, 11) is 0. The maximum Gasteiger partial charge on any atom is 0.159 e. The highest BCUT2D eigenvalue weighted by Crippen LogP contribution is 2.23. The van der Waals surface area contributed by atoms with E-state index in [1.54, 1.807) is 11.3 Å². The van der Waals surface area contributed by atoms with Gasteiger partial charge in [-0.3, -0.25) is 0 Å². The van der Waals surface area contributed by atoms with Gasteiger partial charge < -0.3 is 0 Å². The van der Waals surface area contributed by atoms with Gasteiger partial charge >= 0.3 is 0 Å². The molecule has 0 aliphatic heterocycles. The third-order valence-corrected chi connectivity index (χ3v) is 3.02. The monoisotopic (exact) mass is 225 g/mol. The topological polar surface area (TPSA) is 12.9 Å². The fourth-order valence-electron chi connectivity index (χ4n) is 0.517. The molecule has 0 aliphatic rings. The van der Waals surface area contributed by atoms with Crippen LogP contribution in [0.4, 0.5) is 0 Å². The summed E-state index contributed by atoms with van der Waals surface area (Å²) in [5.74, 6) is 0.565. The Hall–Kier alpha value is 0.400. The number of aryl methyl sites for hydroxylation is 1. The lowest BCUT2D eigenvalue weighted by molar-refractivity contribution is 1.20. The van der Waals surface area contributed by atoms with E-state index in [9.17, 15) is 0 Å². The van der Waals surface area contributed by atoms with Crippen molar-refractivity contribution in [2.45, 2.75) is 12.8 Å². The third kappa shape index (κ3) is 1.66. The van der Waals surface area contributed by atoms with E-state index in [-0.39, 0.29) is 0 Å². The van der Waals surface area contributed by atoms with Gasteiger partial charge in [0.1, 0.15) is 0 Å². The zero-order valence-electron chi connectivity index (χ0n) is 4.82. The van der Waals surface area contributed by atoms with Gasteiger partial charge in [0.25, 0.3) is 0 Å². The summed E-state index contributed by atoms with van der Waals surface area (Å²) in [6.07, 6.45) is 0. The number of rotatable bonds is 1. The van der Waals surface area contributed by atoms with Crippen molar-refractivity contribution in [1.82, 2.24) is 4.98 Å². The van der Waals surface area contributed by atoms with Crippen LogP contribution in [-0.2, 0) is 5.88 Å². The molecule has 0 bridgehead atoms. The van der Waals surface area contributed by atoms with Crippen molar-refractivity contribution in [1.29, 1.82) is 0 Å². The van der Waals surface area contributed by atoms with Crippen molar-refractivity contribution in [2.75, 3.05) is 0 Å². The smallest absolute Gasteiger partial charge is 0.159 e. The number of thiazole rings is 1. The van der Waals surface area contributed by atoms with Crippen LogP contribution in [0.15, 0.2) is 3.92 Å². The highest BCUT2D eigenvalue weighted by Gasteiger charge is 2.01. The average Bonchev–Trinajstić information content (AvgIpc) is 2.10. The molecule has 0 amide bonds. The van der Waals surface area contributed by atoms with Gasteiger partial charge in [0.2, 0.25) is 0 Å². The first-order chi connectivity index (χ1) is 4.24. The van der Waals surface area contributed by atoms with Gasteiger partial charge in [-0.2, -0.15) is 0 Å². The number of hydrogen-bond acceptors (Lipinski definition) is 2. The Labute approximate surface area is 71.2 Å². The molecule has 0 fully saturated rings. The second kappa shape index (κ2) is 2.99. The SMILES string of the molecule is Cc1nc(Br)sc1CCl. The maximum absolute atomic E-state index is 5.60. The van der Waals surface area contributed by atoms with E-state index >= 15 is 0 Å². The van der Waals surface area contributed by atoms with Gasteiger partial charge in [-0.15, -0.1) is 22.9 Å². The Kier molecular flexibility index (Phi) is 2.50. The van der Waals surface area contributed by atoms with E-state index in [1.807, 2.05) is 6.92 Å². The summed E-state index contributed by atoms with van der Waals surface area (Å²) in [6.45, 7) is 1.96. The summed E-state index contributed by atoms with van der Waals surface area (Å²) in [5, 5.41) is 0. The molecule has 1 aromatic heterocycles. The van der Waals surface area contributed by atoms with Crippen LogP contribution in [0.25, 0.3) is 0 Å². The summed E-state index contributed by atoms with van der Waals surface area (Å²) < 4.78 is 0.913. The van der Waals surface area contributed by atoms with Crippen LogP contribution in [0.5, 0.6) is 0 Å². The lowest BCUT2D eigenvalue weighted by atomic mass is 10.4. The molecule has 0 aromatic carbocycles. The van der Waals surface area contributed by atoms with Crippen LogP contribution in [0, 0.1) is 6.92 Å². The van der Waals surface area contributed by atoms with Gasteiger partial charge in [-0.1, -0.05) is 0 Å². The molecule has 0 aliphatic carbocycles. The van der Waals surface area contributed by atoms with Gasteiger partial charge in [-0.05, 0) is 22.9 Å². The number of aromatic nitrogens is 1. The molecule has 0 unspecified atom stereocenters. The number of alkyl halides is 1. The molecule has 0 saturated carbocycles. The molecule has 0 spiro atoms. The van der Waals surface area contributed by atoms with E-state index in [2.05, 4.69) is 20.9 Å². The quantitative estimate of drug-likeness (QED) is 0.671. The molecule has 9 heavy (non-hydrogen) atoms. The minimum Gasteiger partial charge on any atom is -0.234 e. The maximum atomic E-state index is 5.60. The highest BCUT2D eigenvalue weighted by molar-refractivity contribution is 9.11. The van der Waals surface area contributed by atoms with Crippen molar-refractivity contribution in [3.63, 3.8) is 0 Å². The minimum absolute atomic E-state index is 0.565. The second-order valence-electron chi connectivity index (χ2n) is 1.61. The predicted octanol–water partition coefficient (Wildman–Crippen LogP) is 2.95. The van der Waals surface area contributed by atoms with Gasteiger partial charge in [0.15, 0.2) is 3.92 Å². The minimum atomic E-state index is 0.565. The van der Waals surface area contributed by atoms with Gasteiger partial charge in [0, 0.05) is 4.88 Å². The summed E-state index contributed by atoms with van der Waals surface area (Å²) in [5.41, 5.74) is 1.03. The van der Waals surface area contributed by atoms with Crippen molar-refractivity contribution in [3.8, 4) is 0 Å². The molecule has 0 atom stereocenters. The van der Waals surface area contributed by atoms with Crippen LogP contribution in [-0.4, -0.2) is 4.98 Å². The normalized spacial score (nSPS) is 10.1. The Balaban J connectivity index is 3.01. The van der Waals surface area contributed by atoms with E-state index < -0.39 is 0 Å². The molecule has 4 heteroatoms. The number of halogens is 2. The molecule has 1 nitrogen and oxygen atoms in total. The van der Waals surface area contributed by atoms with Crippen molar-refractivity contribution in [2.24, 2.45) is 0 Å². The van der Waals surface area contributed by atoms with Crippen LogP contribution < -0.4 is 0 Å². The van der Waals surface area contributed by atoms with E-state index in [0.29, 0.717) is 5.88 Å². The lowest BCUT2D eigenvalue weighted by Crippen LogP contribution is -1.74. The zero-order valence-corrected chi connectivity index (χ0v) is 7.98. The third-order valence-electron chi connectivity index (χ3n) is 0.988. The molecule has 0 saturated heterocycles. The van der Waals surface area contributed by atoms with E-state index in [4.69, 9.17) is 11.6 Å². The van der Waals surface area contributed by atoms with E-state index in [0.717, 1.165) is 14.5 Å². The Bertz CT molecular complexity index is 211. The molecule has 1 rings (SSSR count). The molecular formula is C5H5BrClNS. The van der Waals surface area contributed by atoms with Crippen molar-refractivity contribution in [3.05, 3.63) is 14.5 Å². The summed E-state index contributed by atoms with van der Waals surface area (Å²) in [6, 6.07) is 0. The first kappa shape index (κ1) is 7.51. The van der Waals surface area contributed by atoms with Crippen molar-refractivity contribution >= 4 is 38.9 Å². The highest BCUT2D eigenvalue weighted by atomic mass is 79.9. The zero-order chi connectivity index (χ0) is 6.85. The van der Waals surface area contributed by atoms with Gasteiger partial charge in [-0.25, -0.2) is 4.98 Å². The fourth-order valence-corrected chi connectivity index (χ4v) is 2.36. The molecule has 1 aromatic rings. The number of hydrogen-bond donors (Lipinski definition) is 0. The van der Waals surface area contributed by atoms with Crippen molar-refractivity contribution < 1.29 is 0 Å². The summed E-state index contributed by atoms with van der Waals surface area (Å²) >= 11 is 10.5. The first-order valence-corrected chi connectivity index (χ1v) is 4.56. The van der Waals surface area contributed by atoms with Crippen LogP contribution in [0.3, 0.4) is 0 Å². The number of nitrogens with zero attached hydrogens (tertiary/aromatic N) is 1. The summed E-state index contributed by atoms with van der Waals surface area (Å²) in [4.78, 5) is 5.27. The van der Waals surface area contributed by atoms with Crippen LogP contribution in [0.1, 0.15) is 10.6 Å². The molecular weight excluding hydrogens is 221 g/mol. The lowest BCUT2D eigenvalue weighted by Gasteiger charge is -1.83. The van der Waals surface area contributed by atoms with Crippen LogP contribution >= 0.6 is 38.9 Å². The molecule has 0 N–H and O–H groups in total. The first-order valence-electron chi connectivity index (χ1n) is 2.42.